The quantitative estimate of drug-likeness (QED) is 0.369. The highest BCUT2D eigenvalue weighted by Gasteiger charge is 2.15. The Balaban J connectivity index is 2.17. The summed E-state index contributed by atoms with van der Waals surface area (Å²) in [5.41, 5.74) is 1.93. The van der Waals surface area contributed by atoms with Crippen LogP contribution in [0.5, 0.6) is 0 Å². The Hall–Kier alpha value is -1.59. The molecule has 0 saturated carbocycles. The largest absolute Gasteiger partial charge is 0.453 e. The first kappa shape index (κ1) is 13.4. The number of fused-ring (bicyclic) bond motifs is 1. The lowest BCUT2D eigenvalue weighted by Gasteiger charge is -2.00. The molecule has 0 bridgehead atoms. The van der Waals surface area contributed by atoms with Gasteiger partial charge < -0.3 is 9.62 Å². The maximum absolute atomic E-state index is 9.29. The topological polar surface area (TPSA) is 45.7 Å². The van der Waals surface area contributed by atoms with E-state index in [4.69, 9.17) is 4.42 Å². The molecular weight excluding hydrogens is 386 g/mol. The summed E-state index contributed by atoms with van der Waals surface area (Å²) in [4.78, 5) is 0. The van der Waals surface area contributed by atoms with Gasteiger partial charge in [-0.3, -0.25) is 0 Å². The van der Waals surface area contributed by atoms with Crippen LogP contribution in [0.15, 0.2) is 67.0 Å². The Bertz CT molecular complexity index is 794. The second-order valence-electron chi connectivity index (χ2n) is 4.23. The summed E-state index contributed by atoms with van der Waals surface area (Å²) in [6, 6.07) is 15.1. The molecule has 20 heavy (non-hydrogen) atoms. The van der Waals surface area contributed by atoms with Gasteiger partial charge in [-0.25, -0.2) is 0 Å². The van der Waals surface area contributed by atoms with Crippen LogP contribution in [0, 0.1) is 0 Å². The van der Waals surface area contributed by atoms with Gasteiger partial charge in [0.15, 0.2) is 11.5 Å². The predicted octanol–water partition coefficient (Wildman–Crippen LogP) is 5.18. The maximum Gasteiger partial charge on any atom is 0.157 e. The number of benzene rings is 2. The van der Waals surface area contributed by atoms with Crippen molar-refractivity contribution >= 4 is 48.5 Å². The van der Waals surface area contributed by atoms with E-state index in [1.807, 2.05) is 48.5 Å². The molecule has 3 nitrogen and oxygen atoms in total. The minimum absolute atomic E-state index is 0.407. The van der Waals surface area contributed by atoms with Gasteiger partial charge in [-0.1, -0.05) is 51.4 Å². The summed E-state index contributed by atoms with van der Waals surface area (Å²) < 4.78 is 7.60. The van der Waals surface area contributed by atoms with E-state index in [1.165, 1.54) is 0 Å². The summed E-state index contributed by atoms with van der Waals surface area (Å²) in [5, 5.41) is 13.6. The lowest BCUT2D eigenvalue weighted by molar-refractivity contribution is 0.318. The number of hydrogen-bond donors (Lipinski definition) is 1. The molecule has 0 spiro atoms. The van der Waals surface area contributed by atoms with Gasteiger partial charge in [-0.15, -0.1) is 0 Å². The fraction of sp³-hybridized carbons (Fsp3) is 0. The predicted molar refractivity (Wildman–Crippen MR) is 85.5 cm³/mol. The minimum atomic E-state index is 0.407. The zero-order chi connectivity index (χ0) is 14.1. The average Bonchev–Trinajstić information content (AvgIpc) is 2.84. The Kier molecular flexibility index (Phi) is 3.63. The maximum atomic E-state index is 9.29. The minimum Gasteiger partial charge on any atom is -0.453 e. The Morgan fingerprint density at radius 3 is 2.50 bits per heavy atom. The first-order valence-corrected chi connectivity index (χ1v) is 7.44. The van der Waals surface area contributed by atoms with Crippen molar-refractivity contribution in [3.63, 3.8) is 0 Å². The van der Waals surface area contributed by atoms with Crippen LogP contribution < -0.4 is 0 Å². The van der Waals surface area contributed by atoms with Crippen molar-refractivity contribution in [2.75, 3.05) is 0 Å². The van der Waals surface area contributed by atoms with Crippen LogP contribution in [-0.2, 0) is 0 Å². The second-order valence-corrected chi connectivity index (χ2v) is 6.00. The molecule has 5 heteroatoms. The van der Waals surface area contributed by atoms with Gasteiger partial charge in [-0.2, -0.15) is 0 Å². The van der Waals surface area contributed by atoms with E-state index < -0.39 is 0 Å². The number of halogens is 2. The molecule has 0 radical (unpaired) electrons. The van der Waals surface area contributed by atoms with Crippen molar-refractivity contribution in [3.8, 4) is 0 Å². The van der Waals surface area contributed by atoms with Crippen LogP contribution >= 0.6 is 31.9 Å². The molecule has 0 atom stereocenters. The summed E-state index contributed by atoms with van der Waals surface area (Å²) in [6.07, 6.45) is 0. The van der Waals surface area contributed by atoms with Crippen LogP contribution in [0.4, 0.5) is 0 Å². The Morgan fingerprint density at radius 2 is 1.80 bits per heavy atom. The van der Waals surface area contributed by atoms with E-state index in [-0.39, 0.29) is 0 Å². The molecule has 0 aliphatic carbocycles. The van der Waals surface area contributed by atoms with Crippen LogP contribution in [0.1, 0.15) is 11.3 Å². The number of furan rings is 1. The SMILES string of the molecule is O/N=C(/c1ccccc1)c1cc2cc(Br)cc(Br)c2o1. The van der Waals surface area contributed by atoms with Crippen molar-refractivity contribution in [2.45, 2.75) is 0 Å². The average molecular weight is 395 g/mol. The third-order valence-corrected chi connectivity index (χ3v) is 3.96. The second kappa shape index (κ2) is 5.42. The lowest BCUT2D eigenvalue weighted by atomic mass is 10.1. The fourth-order valence-electron chi connectivity index (χ4n) is 2.04. The van der Waals surface area contributed by atoms with E-state index in [2.05, 4.69) is 37.0 Å². The van der Waals surface area contributed by atoms with E-state index in [9.17, 15) is 5.21 Å². The summed E-state index contributed by atoms with van der Waals surface area (Å²) in [6.45, 7) is 0. The number of hydrogen-bond acceptors (Lipinski definition) is 3. The Labute approximate surface area is 132 Å². The van der Waals surface area contributed by atoms with E-state index in [1.54, 1.807) is 0 Å². The third-order valence-electron chi connectivity index (χ3n) is 2.92. The molecule has 1 aromatic heterocycles. The molecule has 0 aliphatic rings. The smallest absolute Gasteiger partial charge is 0.157 e. The molecule has 3 rings (SSSR count). The third kappa shape index (κ3) is 2.39. The van der Waals surface area contributed by atoms with Crippen molar-refractivity contribution in [1.29, 1.82) is 0 Å². The Morgan fingerprint density at radius 1 is 1.05 bits per heavy atom. The molecule has 2 aromatic carbocycles. The fourth-order valence-corrected chi connectivity index (χ4v) is 3.38. The van der Waals surface area contributed by atoms with Crippen molar-refractivity contribution in [2.24, 2.45) is 5.16 Å². The normalized spacial score (nSPS) is 12.0. The highest BCUT2D eigenvalue weighted by molar-refractivity contribution is 9.11. The highest BCUT2D eigenvalue weighted by atomic mass is 79.9. The lowest BCUT2D eigenvalue weighted by Crippen LogP contribution is -2.01. The van der Waals surface area contributed by atoms with Crippen molar-refractivity contribution in [3.05, 3.63) is 68.8 Å². The van der Waals surface area contributed by atoms with Crippen LogP contribution in [0.25, 0.3) is 11.0 Å². The van der Waals surface area contributed by atoms with Crippen molar-refractivity contribution < 1.29 is 9.62 Å². The van der Waals surface area contributed by atoms with Crippen LogP contribution in [-0.4, -0.2) is 10.9 Å². The van der Waals surface area contributed by atoms with Gasteiger partial charge in [0, 0.05) is 15.4 Å². The van der Waals surface area contributed by atoms with Gasteiger partial charge in [0.05, 0.1) is 4.47 Å². The molecule has 0 aliphatic heterocycles. The molecule has 0 fully saturated rings. The standard InChI is InChI=1S/C15H9Br2NO2/c16-11-6-10-7-13(20-15(10)12(17)8-11)14(18-19)9-4-2-1-3-5-9/h1-8,19H/b18-14-. The molecule has 0 amide bonds. The molecule has 0 unspecified atom stereocenters. The molecule has 1 N–H and O–H groups in total. The zero-order valence-corrected chi connectivity index (χ0v) is 13.3. The molecule has 0 saturated heterocycles. The molecule has 100 valence electrons. The van der Waals surface area contributed by atoms with E-state index in [0.717, 1.165) is 25.5 Å². The number of oxime groups is 1. The molecular formula is C15H9Br2NO2. The number of rotatable bonds is 2. The molecule has 1 heterocycles. The van der Waals surface area contributed by atoms with Gasteiger partial charge >= 0.3 is 0 Å². The molecule has 3 aromatic rings. The first-order valence-electron chi connectivity index (χ1n) is 5.85. The highest BCUT2D eigenvalue weighted by Crippen LogP contribution is 2.31. The van der Waals surface area contributed by atoms with E-state index >= 15 is 0 Å². The van der Waals surface area contributed by atoms with Gasteiger partial charge in [-0.05, 0) is 34.1 Å². The first-order chi connectivity index (χ1) is 9.69. The van der Waals surface area contributed by atoms with Gasteiger partial charge in [0.1, 0.15) is 5.58 Å². The summed E-state index contributed by atoms with van der Waals surface area (Å²) in [7, 11) is 0. The zero-order valence-electron chi connectivity index (χ0n) is 10.2. The number of nitrogens with zero attached hydrogens (tertiary/aromatic N) is 1. The van der Waals surface area contributed by atoms with E-state index in [0.29, 0.717) is 11.5 Å². The van der Waals surface area contributed by atoms with Gasteiger partial charge in [0.2, 0.25) is 0 Å². The van der Waals surface area contributed by atoms with Crippen LogP contribution in [0.3, 0.4) is 0 Å². The monoisotopic (exact) mass is 393 g/mol. The summed E-state index contributed by atoms with van der Waals surface area (Å²) >= 11 is 6.90. The van der Waals surface area contributed by atoms with Crippen molar-refractivity contribution in [1.82, 2.24) is 0 Å². The van der Waals surface area contributed by atoms with Crippen LogP contribution in [0.2, 0.25) is 0 Å². The summed E-state index contributed by atoms with van der Waals surface area (Å²) in [5.74, 6) is 0.521. The van der Waals surface area contributed by atoms with Gasteiger partial charge in [0.25, 0.3) is 0 Å².